The van der Waals surface area contributed by atoms with Crippen molar-refractivity contribution in [3.05, 3.63) is 12.7 Å². The molecule has 0 spiro atoms. The smallest absolute Gasteiger partial charge is 0.330 e. The van der Waals surface area contributed by atoms with Gasteiger partial charge in [-0.15, -0.1) is 0 Å². The quantitative estimate of drug-likeness (QED) is 0.336. The Hall–Kier alpha value is -1.40. The number of carbonyl (C=O) groups excluding carboxylic acids is 2. The van der Waals surface area contributed by atoms with Crippen LogP contribution < -0.4 is 0 Å². The van der Waals surface area contributed by atoms with Crippen molar-refractivity contribution in [1.82, 2.24) is 4.90 Å². The van der Waals surface area contributed by atoms with Crippen LogP contribution in [-0.2, 0) is 19.1 Å². The summed E-state index contributed by atoms with van der Waals surface area (Å²) in [5, 5.41) is 9.51. The second-order valence-corrected chi connectivity index (χ2v) is 8.41. The summed E-state index contributed by atoms with van der Waals surface area (Å²) >= 11 is 0. The molecule has 0 fully saturated rings. The van der Waals surface area contributed by atoms with Crippen molar-refractivity contribution in [2.45, 2.75) is 65.8 Å². The van der Waals surface area contributed by atoms with E-state index in [1.807, 2.05) is 13.8 Å². The van der Waals surface area contributed by atoms with Crippen molar-refractivity contribution in [3.8, 4) is 0 Å². The molecule has 6 nitrogen and oxygen atoms in total. The van der Waals surface area contributed by atoms with Crippen LogP contribution in [0.3, 0.4) is 0 Å². The second-order valence-electron chi connectivity index (χ2n) is 8.41. The van der Waals surface area contributed by atoms with Crippen LogP contribution in [0.2, 0.25) is 0 Å². The number of unbranched alkanes of at least 4 members (excludes halogenated alkanes) is 1. The molecule has 0 heterocycles. The Bertz CT molecular complexity index is 478. The minimum absolute atomic E-state index is 0.0167. The lowest BCUT2D eigenvalue weighted by molar-refractivity contribution is -0.149. The largest absolute Gasteiger partial charge is 0.465 e. The van der Waals surface area contributed by atoms with Gasteiger partial charge in [-0.3, -0.25) is 4.79 Å². The van der Waals surface area contributed by atoms with Gasteiger partial charge in [0.15, 0.2) is 0 Å². The molecule has 0 saturated carbocycles. The van der Waals surface area contributed by atoms with E-state index in [4.69, 9.17) is 9.47 Å². The molecule has 1 N–H and O–H groups in total. The molecule has 28 heavy (non-hydrogen) atoms. The highest BCUT2D eigenvalue weighted by molar-refractivity contribution is 5.81. The summed E-state index contributed by atoms with van der Waals surface area (Å²) in [6, 6.07) is 0. The summed E-state index contributed by atoms with van der Waals surface area (Å²) in [5.74, 6) is -0.916. The third-order valence-corrected chi connectivity index (χ3v) is 5.66. The first-order valence-corrected chi connectivity index (χ1v) is 10.4. The van der Waals surface area contributed by atoms with Gasteiger partial charge in [0, 0.05) is 30.6 Å². The Morgan fingerprint density at radius 3 is 2.36 bits per heavy atom. The number of hydrogen-bond acceptors (Lipinski definition) is 6. The monoisotopic (exact) mass is 399 g/mol. The number of aliphatic hydroxyl groups is 1. The van der Waals surface area contributed by atoms with E-state index >= 15 is 0 Å². The molecular formula is C22H41NO5. The second kappa shape index (κ2) is 13.7. The predicted molar refractivity (Wildman–Crippen MR) is 112 cm³/mol. The standard InChI is InChI=1S/C22H41NO5/c1-8-10-13-23(7)22(5,6)12-11-21(26)28-16-19(17(3)14-24)18(4)15-27-20(25)9-2/h9,17-19,24H,2,8,10-16H2,1,3-7H3/t17?,18?,19-/m0/s1. The van der Waals surface area contributed by atoms with Crippen LogP contribution in [0.25, 0.3) is 0 Å². The Kier molecular flexibility index (Phi) is 13.0. The average Bonchev–Trinajstić information content (AvgIpc) is 2.68. The molecule has 0 rings (SSSR count). The Balaban J connectivity index is 4.57. The van der Waals surface area contributed by atoms with Crippen LogP contribution in [0.15, 0.2) is 12.7 Å². The first-order valence-electron chi connectivity index (χ1n) is 10.4. The highest BCUT2D eigenvalue weighted by Crippen LogP contribution is 2.24. The van der Waals surface area contributed by atoms with Gasteiger partial charge in [0.05, 0.1) is 13.2 Å². The van der Waals surface area contributed by atoms with E-state index in [9.17, 15) is 14.7 Å². The maximum absolute atomic E-state index is 12.3. The van der Waals surface area contributed by atoms with Gasteiger partial charge in [-0.1, -0.05) is 33.8 Å². The average molecular weight is 400 g/mol. The van der Waals surface area contributed by atoms with E-state index in [0.29, 0.717) is 6.42 Å². The van der Waals surface area contributed by atoms with Gasteiger partial charge in [0.1, 0.15) is 0 Å². The normalized spacial score (nSPS) is 15.0. The number of aliphatic hydroxyl groups excluding tert-OH is 1. The third kappa shape index (κ3) is 10.2. The van der Waals surface area contributed by atoms with E-state index in [0.717, 1.165) is 31.9 Å². The van der Waals surface area contributed by atoms with E-state index in [-0.39, 0.29) is 49.1 Å². The van der Waals surface area contributed by atoms with Crippen LogP contribution >= 0.6 is 0 Å². The van der Waals surface area contributed by atoms with Crippen molar-refractivity contribution in [3.63, 3.8) is 0 Å². The predicted octanol–water partition coefficient (Wildman–Crippen LogP) is 3.43. The number of ether oxygens (including phenoxy) is 2. The molecule has 3 atom stereocenters. The fourth-order valence-corrected chi connectivity index (χ4v) is 2.98. The first kappa shape index (κ1) is 26.6. The summed E-state index contributed by atoms with van der Waals surface area (Å²) < 4.78 is 10.6. The van der Waals surface area contributed by atoms with Crippen molar-refractivity contribution in [2.24, 2.45) is 17.8 Å². The zero-order valence-corrected chi connectivity index (χ0v) is 18.7. The summed E-state index contributed by atoms with van der Waals surface area (Å²) in [5.41, 5.74) is -0.0713. The summed E-state index contributed by atoms with van der Waals surface area (Å²) in [4.78, 5) is 25.8. The van der Waals surface area contributed by atoms with Gasteiger partial charge in [0.25, 0.3) is 0 Å². The highest BCUT2D eigenvalue weighted by Gasteiger charge is 2.27. The number of nitrogens with zero attached hydrogens (tertiary/aromatic N) is 1. The van der Waals surface area contributed by atoms with Gasteiger partial charge in [-0.2, -0.15) is 0 Å². The molecule has 6 heteroatoms. The highest BCUT2D eigenvalue weighted by atomic mass is 16.5. The molecule has 0 amide bonds. The van der Waals surface area contributed by atoms with Crippen molar-refractivity contribution in [1.29, 1.82) is 0 Å². The van der Waals surface area contributed by atoms with Crippen LogP contribution in [0.5, 0.6) is 0 Å². The fourth-order valence-electron chi connectivity index (χ4n) is 2.98. The van der Waals surface area contributed by atoms with Gasteiger partial charge in [0.2, 0.25) is 0 Å². The van der Waals surface area contributed by atoms with Gasteiger partial charge < -0.3 is 19.5 Å². The van der Waals surface area contributed by atoms with Gasteiger partial charge in [-0.05, 0) is 52.1 Å². The Morgan fingerprint density at radius 1 is 1.18 bits per heavy atom. The minimum atomic E-state index is -0.478. The minimum Gasteiger partial charge on any atom is -0.465 e. The van der Waals surface area contributed by atoms with E-state index < -0.39 is 5.97 Å². The topological polar surface area (TPSA) is 76.1 Å². The Labute approximate surface area is 171 Å². The SMILES string of the molecule is C=CC(=O)OCC(C)[C@@H](COC(=O)CCC(C)(C)N(C)CCCC)C(C)CO. The maximum atomic E-state index is 12.3. The van der Waals surface area contributed by atoms with E-state index in [1.54, 1.807) is 0 Å². The molecule has 0 saturated heterocycles. The van der Waals surface area contributed by atoms with Crippen molar-refractivity contribution in [2.75, 3.05) is 33.4 Å². The van der Waals surface area contributed by atoms with Crippen molar-refractivity contribution < 1.29 is 24.2 Å². The molecular weight excluding hydrogens is 358 g/mol. The van der Waals surface area contributed by atoms with Crippen LogP contribution in [0.4, 0.5) is 0 Å². The number of rotatable bonds is 15. The van der Waals surface area contributed by atoms with E-state index in [2.05, 4.69) is 39.3 Å². The Morgan fingerprint density at radius 2 is 1.82 bits per heavy atom. The molecule has 0 aliphatic heterocycles. The summed E-state index contributed by atoms with van der Waals surface area (Å²) in [7, 11) is 2.09. The molecule has 0 aromatic carbocycles. The van der Waals surface area contributed by atoms with Crippen LogP contribution in [-0.4, -0.2) is 60.9 Å². The molecule has 2 unspecified atom stereocenters. The van der Waals surface area contributed by atoms with Gasteiger partial charge in [-0.25, -0.2) is 4.79 Å². The summed E-state index contributed by atoms with van der Waals surface area (Å²) in [6.07, 6.45) is 4.48. The summed E-state index contributed by atoms with van der Waals surface area (Å²) in [6.45, 7) is 15.1. The molecule has 0 aromatic rings. The van der Waals surface area contributed by atoms with Crippen LogP contribution in [0, 0.1) is 17.8 Å². The van der Waals surface area contributed by atoms with Gasteiger partial charge >= 0.3 is 11.9 Å². The number of hydrogen-bond donors (Lipinski definition) is 1. The van der Waals surface area contributed by atoms with E-state index in [1.165, 1.54) is 0 Å². The number of carbonyl (C=O) groups is 2. The number of esters is 2. The lowest BCUT2D eigenvalue weighted by Crippen LogP contribution is -2.42. The molecule has 0 aliphatic rings. The van der Waals surface area contributed by atoms with Crippen molar-refractivity contribution >= 4 is 11.9 Å². The lowest BCUT2D eigenvalue weighted by atomic mass is 9.85. The molecule has 0 bridgehead atoms. The maximum Gasteiger partial charge on any atom is 0.330 e. The van der Waals surface area contributed by atoms with Crippen LogP contribution in [0.1, 0.15) is 60.3 Å². The lowest BCUT2D eigenvalue weighted by Gasteiger charge is -2.35. The first-order chi connectivity index (χ1) is 13.1. The zero-order valence-electron chi connectivity index (χ0n) is 18.7. The molecule has 164 valence electrons. The third-order valence-electron chi connectivity index (χ3n) is 5.66. The molecule has 0 radical (unpaired) electrons. The molecule has 0 aromatic heterocycles. The zero-order chi connectivity index (χ0) is 21.7. The molecule has 0 aliphatic carbocycles. The fraction of sp³-hybridized carbons (Fsp3) is 0.818.